The Balaban J connectivity index is 3.53. The third kappa shape index (κ3) is 9.01. The van der Waals surface area contributed by atoms with Gasteiger partial charge in [0.1, 0.15) is 0 Å². The zero-order valence-electron chi connectivity index (χ0n) is 7.22. The van der Waals surface area contributed by atoms with Crippen molar-refractivity contribution in [1.29, 1.82) is 0 Å². The zero-order chi connectivity index (χ0) is 8.91. The van der Waals surface area contributed by atoms with Crippen LogP contribution in [-0.4, -0.2) is 11.2 Å². The van der Waals surface area contributed by atoms with Crippen LogP contribution in [0.15, 0.2) is 12.3 Å². The Morgan fingerprint density at radius 3 is 2.45 bits per heavy atom. The number of amides is 1. The van der Waals surface area contributed by atoms with Crippen molar-refractivity contribution in [2.45, 2.75) is 27.2 Å². The number of carboxylic acid groups (broad SMARTS) is 1. The van der Waals surface area contributed by atoms with Gasteiger partial charge in [-0.1, -0.05) is 26.8 Å². The minimum absolute atomic E-state index is 0.219. The molecule has 0 aromatic rings. The maximum atomic E-state index is 9.96. The van der Waals surface area contributed by atoms with Gasteiger partial charge in [0.2, 0.25) is 0 Å². The first-order valence-corrected chi connectivity index (χ1v) is 3.56. The van der Waals surface area contributed by atoms with Crippen LogP contribution in [0.1, 0.15) is 27.2 Å². The van der Waals surface area contributed by atoms with E-state index in [2.05, 4.69) is 26.1 Å². The number of allylic oxidation sites excluding steroid dienone is 1. The summed E-state index contributed by atoms with van der Waals surface area (Å²) in [5.74, 6) is 0. The van der Waals surface area contributed by atoms with Gasteiger partial charge in [0.05, 0.1) is 0 Å². The number of hydrogen-bond acceptors (Lipinski definition) is 1. The van der Waals surface area contributed by atoms with Crippen LogP contribution in [0.25, 0.3) is 0 Å². The summed E-state index contributed by atoms with van der Waals surface area (Å²) in [7, 11) is 0. The molecule has 0 aliphatic carbocycles. The van der Waals surface area contributed by atoms with Crippen molar-refractivity contribution in [3.63, 3.8) is 0 Å². The van der Waals surface area contributed by atoms with E-state index in [1.807, 2.05) is 6.08 Å². The second-order valence-electron chi connectivity index (χ2n) is 3.62. The fourth-order valence-electron chi connectivity index (χ4n) is 0.543. The minimum atomic E-state index is -1.02. The normalized spacial score (nSPS) is 11.9. The van der Waals surface area contributed by atoms with E-state index < -0.39 is 6.09 Å². The molecule has 0 aliphatic rings. The molecule has 0 heterocycles. The number of rotatable bonds is 2. The molecule has 0 atom stereocenters. The quantitative estimate of drug-likeness (QED) is 0.645. The van der Waals surface area contributed by atoms with Crippen molar-refractivity contribution in [3.8, 4) is 0 Å². The molecule has 1 amide bonds. The molecule has 2 N–H and O–H groups in total. The molecule has 0 unspecified atom stereocenters. The topological polar surface area (TPSA) is 49.3 Å². The summed E-state index contributed by atoms with van der Waals surface area (Å²) >= 11 is 0. The first kappa shape index (κ1) is 10.0. The summed E-state index contributed by atoms with van der Waals surface area (Å²) in [5, 5.41) is 10.3. The largest absolute Gasteiger partial charge is 0.465 e. The summed E-state index contributed by atoms with van der Waals surface area (Å²) in [4.78, 5) is 9.96. The van der Waals surface area contributed by atoms with Gasteiger partial charge in [-0.2, -0.15) is 0 Å². The van der Waals surface area contributed by atoms with E-state index in [1.54, 1.807) is 0 Å². The Kier molecular flexibility index (Phi) is 3.65. The van der Waals surface area contributed by atoms with Crippen LogP contribution in [0.2, 0.25) is 0 Å². The molecule has 0 saturated heterocycles. The summed E-state index contributed by atoms with van der Waals surface area (Å²) in [5.41, 5.74) is 0.219. The first-order chi connectivity index (χ1) is 4.92. The van der Waals surface area contributed by atoms with Crippen molar-refractivity contribution in [3.05, 3.63) is 12.3 Å². The third-order valence-corrected chi connectivity index (χ3v) is 1.05. The third-order valence-electron chi connectivity index (χ3n) is 1.05. The Morgan fingerprint density at radius 1 is 1.55 bits per heavy atom. The number of hydrogen-bond donors (Lipinski definition) is 2. The lowest BCUT2D eigenvalue weighted by molar-refractivity contribution is 0.198. The highest BCUT2D eigenvalue weighted by Crippen LogP contribution is 2.18. The second kappa shape index (κ2) is 4.01. The highest BCUT2D eigenvalue weighted by Gasteiger charge is 2.06. The minimum Gasteiger partial charge on any atom is -0.465 e. The lowest BCUT2D eigenvalue weighted by atomic mass is 9.92. The van der Waals surface area contributed by atoms with E-state index in [0.717, 1.165) is 6.42 Å². The Morgan fingerprint density at radius 2 is 2.09 bits per heavy atom. The van der Waals surface area contributed by atoms with E-state index in [1.165, 1.54) is 6.20 Å². The Hall–Kier alpha value is -0.990. The highest BCUT2D eigenvalue weighted by molar-refractivity contribution is 5.65. The van der Waals surface area contributed by atoms with Crippen LogP contribution >= 0.6 is 0 Å². The molecule has 0 saturated carbocycles. The van der Waals surface area contributed by atoms with Crippen LogP contribution in [0.5, 0.6) is 0 Å². The van der Waals surface area contributed by atoms with Gasteiger partial charge < -0.3 is 5.11 Å². The van der Waals surface area contributed by atoms with E-state index in [-0.39, 0.29) is 5.41 Å². The van der Waals surface area contributed by atoms with Crippen molar-refractivity contribution in [1.82, 2.24) is 5.32 Å². The van der Waals surface area contributed by atoms with Gasteiger partial charge in [-0.05, 0) is 11.8 Å². The monoisotopic (exact) mass is 157 g/mol. The fourth-order valence-corrected chi connectivity index (χ4v) is 0.543. The molecule has 11 heavy (non-hydrogen) atoms. The van der Waals surface area contributed by atoms with Gasteiger partial charge >= 0.3 is 6.09 Å². The molecule has 0 radical (unpaired) electrons. The molecule has 3 nitrogen and oxygen atoms in total. The average molecular weight is 157 g/mol. The highest BCUT2D eigenvalue weighted by atomic mass is 16.4. The van der Waals surface area contributed by atoms with Gasteiger partial charge in [0.25, 0.3) is 0 Å². The molecular formula is C8H15NO2. The molecule has 0 spiro atoms. The van der Waals surface area contributed by atoms with Crippen molar-refractivity contribution in [2.24, 2.45) is 5.41 Å². The zero-order valence-corrected chi connectivity index (χ0v) is 7.22. The van der Waals surface area contributed by atoms with E-state index in [4.69, 9.17) is 5.11 Å². The van der Waals surface area contributed by atoms with Gasteiger partial charge in [0, 0.05) is 6.20 Å². The average Bonchev–Trinajstić information content (AvgIpc) is 1.78. The summed E-state index contributed by atoms with van der Waals surface area (Å²) in [6, 6.07) is 0. The van der Waals surface area contributed by atoms with Crippen LogP contribution in [-0.2, 0) is 0 Å². The van der Waals surface area contributed by atoms with Gasteiger partial charge in [-0.25, -0.2) is 4.79 Å². The molecule has 0 aromatic heterocycles. The summed E-state index contributed by atoms with van der Waals surface area (Å²) in [6.07, 6.45) is 3.12. The molecule has 0 bridgehead atoms. The standard InChI is InChI=1S/C8H15NO2/c1-8(2,3)5-4-6-9-7(10)11/h4,6,9H,5H2,1-3H3,(H,10,11). The summed E-state index contributed by atoms with van der Waals surface area (Å²) in [6.45, 7) is 6.29. The SMILES string of the molecule is CC(C)(C)CC=CNC(=O)O. The molecule has 3 heteroatoms. The second-order valence-corrected chi connectivity index (χ2v) is 3.62. The maximum Gasteiger partial charge on any atom is 0.408 e. The van der Waals surface area contributed by atoms with Crippen LogP contribution in [0.3, 0.4) is 0 Å². The smallest absolute Gasteiger partial charge is 0.408 e. The van der Waals surface area contributed by atoms with Gasteiger partial charge in [-0.15, -0.1) is 0 Å². The number of carbonyl (C=O) groups is 1. The molecule has 64 valence electrons. The van der Waals surface area contributed by atoms with Crippen molar-refractivity contribution < 1.29 is 9.90 Å². The first-order valence-electron chi connectivity index (χ1n) is 3.56. The fraction of sp³-hybridized carbons (Fsp3) is 0.625. The molecule has 0 fully saturated rings. The molecular weight excluding hydrogens is 142 g/mol. The van der Waals surface area contributed by atoms with E-state index >= 15 is 0 Å². The van der Waals surface area contributed by atoms with Crippen molar-refractivity contribution >= 4 is 6.09 Å². The lowest BCUT2D eigenvalue weighted by Crippen LogP contribution is -2.13. The Labute approximate surface area is 67.1 Å². The van der Waals surface area contributed by atoms with E-state index in [9.17, 15) is 4.79 Å². The molecule has 0 aromatic carbocycles. The van der Waals surface area contributed by atoms with Gasteiger partial charge in [0.15, 0.2) is 0 Å². The maximum absolute atomic E-state index is 9.96. The van der Waals surface area contributed by atoms with Crippen LogP contribution in [0.4, 0.5) is 4.79 Å². The lowest BCUT2D eigenvalue weighted by Gasteiger charge is -2.14. The number of nitrogens with one attached hydrogen (secondary N) is 1. The van der Waals surface area contributed by atoms with E-state index in [0.29, 0.717) is 0 Å². The predicted molar refractivity (Wildman–Crippen MR) is 44.4 cm³/mol. The van der Waals surface area contributed by atoms with Crippen LogP contribution < -0.4 is 5.32 Å². The van der Waals surface area contributed by atoms with Gasteiger partial charge in [-0.3, -0.25) is 5.32 Å². The molecule has 0 rings (SSSR count). The predicted octanol–water partition coefficient (Wildman–Crippen LogP) is 2.20. The van der Waals surface area contributed by atoms with Crippen LogP contribution in [0, 0.1) is 5.41 Å². The summed E-state index contributed by atoms with van der Waals surface area (Å²) < 4.78 is 0. The Bertz CT molecular complexity index is 156. The van der Waals surface area contributed by atoms with Crippen molar-refractivity contribution in [2.75, 3.05) is 0 Å². The molecule has 0 aliphatic heterocycles.